The quantitative estimate of drug-likeness (QED) is 0.0626. The van der Waals surface area contributed by atoms with E-state index in [4.69, 9.17) is 30.4 Å². The van der Waals surface area contributed by atoms with Crippen LogP contribution in [0.4, 0.5) is 0 Å². The van der Waals surface area contributed by atoms with Crippen LogP contribution in [0, 0.1) is 11.8 Å². The zero-order valence-electron chi connectivity index (χ0n) is 17.2. The van der Waals surface area contributed by atoms with E-state index in [9.17, 15) is 33.3 Å². The number of aliphatic hydroxyl groups excluding tert-OH is 1. The van der Waals surface area contributed by atoms with Crippen molar-refractivity contribution in [3.05, 3.63) is 32.6 Å². The summed E-state index contributed by atoms with van der Waals surface area (Å²) in [6.45, 7) is -1.43. The monoisotopic (exact) mass is 567 g/mol. The zero-order valence-corrected chi connectivity index (χ0v) is 19.9. The molecule has 1 fully saturated rings. The molecule has 0 radical (unpaired) electrons. The second-order valence-corrected chi connectivity index (χ2v) is 11.0. The second-order valence-electron chi connectivity index (χ2n) is 6.62. The molecule has 0 amide bonds. The fourth-order valence-electron chi connectivity index (χ4n) is 2.65. The molecular weight excluding hydrogens is 547 g/mol. The number of rotatable bonds is 10. The predicted octanol–water partition coefficient (Wildman–Crippen LogP) is -2.52. The van der Waals surface area contributed by atoms with Gasteiger partial charge in [0.2, 0.25) is 5.79 Å². The van der Waals surface area contributed by atoms with Crippen molar-refractivity contribution in [3.8, 4) is 11.8 Å². The number of phosphoric ester groups is 1. The van der Waals surface area contributed by atoms with Gasteiger partial charge < -0.3 is 34.5 Å². The standard InChI is InChI=1S/C13H20N3O16P3/c14-30-13(20)5-10(16-6-8(3-1-2-4-17)11(18)15-12(16)19)29-9(13)7-28-34(24,25)32-35(26,27)31-33(21,22)23/h6,9-10,17,20H,2,4-5,7,14H2,(H,24,25)(H,26,27)(H,15,18,19)(H2,21,22,23)/t9-,10-,13-/m1/s1. The number of aliphatic hydroxyl groups is 2. The highest BCUT2D eigenvalue weighted by Crippen LogP contribution is 2.66. The summed E-state index contributed by atoms with van der Waals surface area (Å²) in [5.41, 5.74) is -2.08. The van der Waals surface area contributed by atoms with Crippen LogP contribution in [0.1, 0.15) is 24.6 Å². The summed E-state index contributed by atoms with van der Waals surface area (Å²) in [4.78, 5) is 66.3. The maximum atomic E-state index is 12.2. The van der Waals surface area contributed by atoms with Crippen LogP contribution in [-0.2, 0) is 36.4 Å². The van der Waals surface area contributed by atoms with Gasteiger partial charge in [0.25, 0.3) is 5.56 Å². The minimum absolute atomic E-state index is 0.0297. The fraction of sp³-hybridized carbons (Fsp3) is 0.538. The molecule has 0 bridgehead atoms. The lowest BCUT2D eigenvalue weighted by Gasteiger charge is -2.25. The fourth-order valence-corrected chi connectivity index (χ4v) is 5.67. The third-order valence-electron chi connectivity index (χ3n) is 4.04. The molecule has 1 saturated heterocycles. The minimum Gasteiger partial charge on any atom is -0.395 e. The van der Waals surface area contributed by atoms with Crippen LogP contribution in [-0.4, -0.2) is 64.4 Å². The molecule has 1 aromatic heterocycles. The highest BCUT2D eigenvalue weighted by Gasteiger charge is 2.51. The van der Waals surface area contributed by atoms with Crippen LogP contribution < -0.4 is 17.1 Å². The van der Waals surface area contributed by atoms with Crippen LogP contribution in [0.15, 0.2) is 15.8 Å². The lowest BCUT2D eigenvalue weighted by Crippen LogP contribution is -2.45. The summed E-state index contributed by atoms with van der Waals surface area (Å²) in [6, 6.07) is 0. The lowest BCUT2D eigenvalue weighted by molar-refractivity contribution is -0.237. The molecule has 0 aromatic carbocycles. The van der Waals surface area contributed by atoms with E-state index < -0.39 is 65.9 Å². The molecule has 2 heterocycles. The summed E-state index contributed by atoms with van der Waals surface area (Å²) < 4.78 is 51.6. The Morgan fingerprint density at radius 2 is 1.86 bits per heavy atom. The number of nitrogens with two attached hydrogens (primary N) is 1. The molecule has 35 heavy (non-hydrogen) atoms. The Labute approximate surface area is 194 Å². The number of ether oxygens (including phenoxy) is 1. The molecule has 1 aliphatic heterocycles. The van der Waals surface area contributed by atoms with E-state index in [1.807, 2.05) is 4.98 Å². The third kappa shape index (κ3) is 8.51. The summed E-state index contributed by atoms with van der Waals surface area (Å²) >= 11 is 0. The summed E-state index contributed by atoms with van der Waals surface area (Å²) in [5.74, 6) is 7.46. The van der Waals surface area contributed by atoms with Crippen molar-refractivity contribution in [2.75, 3.05) is 13.2 Å². The molecule has 2 unspecified atom stereocenters. The minimum atomic E-state index is -5.79. The van der Waals surface area contributed by atoms with E-state index >= 15 is 0 Å². The van der Waals surface area contributed by atoms with Gasteiger partial charge in [-0.1, -0.05) is 11.8 Å². The molecule has 0 spiro atoms. The number of hydrogen-bond donors (Lipinski definition) is 8. The normalized spacial score (nSPS) is 25.9. The van der Waals surface area contributed by atoms with Gasteiger partial charge in [-0.15, -0.1) is 0 Å². The largest absolute Gasteiger partial charge is 0.490 e. The highest BCUT2D eigenvalue weighted by atomic mass is 31.3. The highest BCUT2D eigenvalue weighted by molar-refractivity contribution is 7.66. The number of phosphoric acid groups is 3. The Morgan fingerprint density at radius 1 is 1.20 bits per heavy atom. The van der Waals surface area contributed by atoms with Gasteiger partial charge in [-0.25, -0.2) is 24.4 Å². The summed E-state index contributed by atoms with van der Waals surface area (Å²) in [6.07, 6.45) is -2.78. The van der Waals surface area contributed by atoms with Crippen molar-refractivity contribution in [2.24, 2.45) is 5.90 Å². The number of aromatic amines is 1. The van der Waals surface area contributed by atoms with Crippen molar-refractivity contribution >= 4 is 23.5 Å². The van der Waals surface area contributed by atoms with Crippen molar-refractivity contribution in [3.63, 3.8) is 0 Å². The smallest absolute Gasteiger partial charge is 0.395 e. The first-order valence-corrected chi connectivity index (χ1v) is 13.5. The Bertz CT molecular complexity index is 1240. The SMILES string of the molecule is NO[C@]1(O)C[C@H](n2cc(C#CCCO)c(=O)[nH]c2=O)O[C@@H]1COP(=O)(O)OP(=O)(O)OP(=O)(O)O. The van der Waals surface area contributed by atoms with Gasteiger partial charge in [0.1, 0.15) is 17.9 Å². The van der Waals surface area contributed by atoms with Gasteiger partial charge in [0, 0.05) is 12.6 Å². The van der Waals surface area contributed by atoms with E-state index in [2.05, 4.69) is 29.8 Å². The Balaban J connectivity index is 2.22. The zero-order chi connectivity index (χ0) is 26.7. The second kappa shape index (κ2) is 11.2. The first-order chi connectivity index (χ1) is 16.0. The number of hydrogen-bond acceptors (Lipinski definition) is 13. The Morgan fingerprint density at radius 3 is 2.43 bits per heavy atom. The Hall–Kier alpha value is -1.55. The molecule has 198 valence electrons. The molecule has 9 N–H and O–H groups in total. The molecule has 1 aromatic rings. The molecule has 19 nitrogen and oxygen atoms in total. The van der Waals surface area contributed by atoms with E-state index in [1.165, 1.54) is 0 Å². The predicted molar refractivity (Wildman–Crippen MR) is 108 cm³/mol. The van der Waals surface area contributed by atoms with Gasteiger partial charge in [0.15, 0.2) is 0 Å². The third-order valence-corrected chi connectivity index (χ3v) is 7.84. The van der Waals surface area contributed by atoms with Crippen molar-refractivity contribution in [1.29, 1.82) is 0 Å². The molecule has 0 aliphatic carbocycles. The maximum Gasteiger partial charge on any atom is 0.490 e. The summed E-state index contributed by atoms with van der Waals surface area (Å²) in [5, 5.41) is 19.3. The maximum absolute atomic E-state index is 12.2. The van der Waals surface area contributed by atoms with Crippen molar-refractivity contribution in [2.45, 2.75) is 31.0 Å². The van der Waals surface area contributed by atoms with E-state index in [0.29, 0.717) is 0 Å². The van der Waals surface area contributed by atoms with E-state index in [1.54, 1.807) is 0 Å². The van der Waals surface area contributed by atoms with E-state index in [-0.39, 0.29) is 18.6 Å². The molecular formula is C13H20N3O16P3. The number of nitrogens with one attached hydrogen (secondary N) is 1. The summed E-state index contributed by atoms with van der Waals surface area (Å²) in [7, 11) is -17.0. The van der Waals surface area contributed by atoms with Crippen LogP contribution in [0.5, 0.6) is 0 Å². The first kappa shape index (κ1) is 29.7. The number of nitrogens with zero attached hydrogens (tertiary/aromatic N) is 1. The lowest BCUT2D eigenvalue weighted by atomic mass is 10.1. The van der Waals surface area contributed by atoms with Crippen LogP contribution in [0.25, 0.3) is 0 Å². The Kier molecular flexibility index (Phi) is 9.53. The molecule has 1 aliphatic rings. The topological polar surface area (TPSA) is 300 Å². The van der Waals surface area contributed by atoms with Gasteiger partial charge in [-0.05, 0) is 0 Å². The molecule has 5 atom stereocenters. The average molecular weight is 567 g/mol. The molecule has 2 rings (SSSR count). The van der Waals surface area contributed by atoms with Crippen LogP contribution >= 0.6 is 23.5 Å². The van der Waals surface area contributed by atoms with Gasteiger partial charge in [0.05, 0.1) is 19.6 Å². The average Bonchev–Trinajstić information content (AvgIpc) is 3.02. The number of aromatic nitrogens is 2. The molecule has 0 saturated carbocycles. The van der Waals surface area contributed by atoms with Gasteiger partial charge in [-0.2, -0.15) is 8.62 Å². The van der Waals surface area contributed by atoms with E-state index in [0.717, 1.165) is 10.8 Å². The van der Waals surface area contributed by atoms with Crippen LogP contribution in [0.2, 0.25) is 0 Å². The van der Waals surface area contributed by atoms with Gasteiger partial charge in [-0.3, -0.25) is 23.7 Å². The van der Waals surface area contributed by atoms with Gasteiger partial charge >= 0.3 is 29.2 Å². The van der Waals surface area contributed by atoms with Crippen molar-refractivity contribution in [1.82, 2.24) is 9.55 Å². The first-order valence-electron chi connectivity index (χ1n) is 9.00. The number of H-pyrrole nitrogens is 1. The van der Waals surface area contributed by atoms with Crippen LogP contribution in [0.3, 0.4) is 0 Å². The molecule has 22 heteroatoms. The van der Waals surface area contributed by atoms with Crippen molar-refractivity contribution < 1.29 is 66.2 Å².